The summed E-state index contributed by atoms with van der Waals surface area (Å²) >= 11 is 0. The molecule has 0 unspecified atom stereocenters. The summed E-state index contributed by atoms with van der Waals surface area (Å²) in [5.41, 5.74) is 0.571. The molecule has 0 heterocycles. The summed E-state index contributed by atoms with van der Waals surface area (Å²) in [6.07, 6.45) is -6.00. The van der Waals surface area contributed by atoms with Crippen molar-refractivity contribution in [3.63, 3.8) is 0 Å². The number of carbonyl (C=O) groups excluding carboxylic acids is 1. The van der Waals surface area contributed by atoms with Crippen LogP contribution in [0.3, 0.4) is 0 Å². The Morgan fingerprint density at radius 2 is 1.65 bits per heavy atom. The number of amides is 1. The Bertz CT molecular complexity index is 763. The minimum absolute atomic E-state index is 0.0343. The number of benzene rings is 2. The van der Waals surface area contributed by atoms with E-state index < -0.39 is 18.0 Å². The summed E-state index contributed by atoms with van der Waals surface area (Å²) in [6, 6.07) is 13.1. The maximum absolute atomic E-state index is 13.2. The number of halogens is 5. The van der Waals surface area contributed by atoms with Crippen molar-refractivity contribution >= 4 is 17.3 Å². The summed E-state index contributed by atoms with van der Waals surface area (Å²) in [7, 11) is 1.42. The van der Waals surface area contributed by atoms with Crippen LogP contribution in [0.25, 0.3) is 0 Å². The molecule has 1 amide bonds. The minimum Gasteiger partial charge on any atom is -0.487 e. The maximum Gasteiger partial charge on any atom is 0.463 e. The van der Waals surface area contributed by atoms with Crippen LogP contribution in [0.15, 0.2) is 48.5 Å². The second-order valence-corrected chi connectivity index (χ2v) is 5.23. The molecule has 9 heteroatoms. The molecule has 0 saturated carbocycles. The van der Waals surface area contributed by atoms with Crippen LogP contribution >= 0.6 is 0 Å². The number of anilines is 2. The summed E-state index contributed by atoms with van der Waals surface area (Å²) in [4.78, 5) is 11.5. The molecule has 26 heavy (non-hydrogen) atoms. The lowest BCUT2D eigenvalue weighted by molar-refractivity contribution is -0.267. The van der Waals surface area contributed by atoms with Crippen LogP contribution in [-0.4, -0.2) is 25.1 Å². The van der Waals surface area contributed by atoms with E-state index in [1.165, 1.54) is 25.2 Å². The first kappa shape index (κ1) is 19.5. The van der Waals surface area contributed by atoms with Crippen molar-refractivity contribution in [3.05, 3.63) is 54.1 Å². The molecule has 4 nitrogen and oxygen atoms in total. The smallest absolute Gasteiger partial charge is 0.463 e. The molecule has 0 aromatic heterocycles. The van der Waals surface area contributed by atoms with Crippen LogP contribution in [0.5, 0.6) is 5.75 Å². The van der Waals surface area contributed by atoms with Gasteiger partial charge < -0.3 is 15.4 Å². The van der Waals surface area contributed by atoms with Gasteiger partial charge in [-0.2, -0.15) is 22.0 Å². The molecule has 0 radical (unpaired) electrons. The first-order valence-electron chi connectivity index (χ1n) is 7.40. The Labute approximate surface area is 146 Å². The van der Waals surface area contributed by atoms with E-state index in [0.29, 0.717) is 0 Å². The molecule has 0 spiro atoms. The number of alkyl halides is 5. The first-order valence-corrected chi connectivity index (χ1v) is 7.40. The van der Waals surface area contributed by atoms with E-state index in [1.807, 2.05) is 0 Å². The average Bonchev–Trinajstić information content (AvgIpc) is 2.60. The number of hydrogen-bond donors (Lipinski definition) is 2. The van der Waals surface area contributed by atoms with E-state index in [-0.39, 0.29) is 23.7 Å². The highest BCUT2D eigenvalue weighted by Crippen LogP contribution is 2.39. The van der Waals surface area contributed by atoms with Gasteiger partial charge in [-0.25, -0.2) is 0 Å². The zero-order valence-corrected chi connectivity index (χ0v) is 13.5. The quantitative estimate of drug-likeness (QED) is 0.735. The molecule has 0 aliphatic rings. The molecule has 140 valence electrons. The second-order valence-electron chi connectivity index (χ2n) is 5.23. The molecule has 2 aromatic carbocycles. The second kappa shape index (κ2) is 7.59. The van der Waals surface area contributed by atoms with Crippen molar-refractivity contribution in [1.29, 1.82) is 0 Å². The molecule has 2 N–H and O–H groups in total. The number of carbonyl (C=O) groups is 1. The third-order valence-electron chi connectivity index (χ3n) is 3.41. The first-order chi connectivity index (χ1) is 12.2. The van der Waals surface area contributed by atoms with Crippen molar-refractivity contribution in [2.75, 3.05) is 17.7 Å². The van der Waals surface area contributed by atoms with Crippen molar-refractivity contribution in [2.45, 2.75) is 18.7 Å². The van der Waals surface area contributed by atoms with Gasteiger partial charge in [0, 0.05) is 7.05 Å². The summed E-state index contributed by atoms with van der Waals surface area (Å²) in [5.74, 6) is -8.07. The van der Waals surface area contributed by atoms with E-state index in [4.69, 9.17) is 4.74 Å². The molecule has 0 atom stereocenters. The molecule has 0 fully saturated rings. The van der Waals surface area contributed by atoms with Gasteiger partial charge >= 0.3 is 18.0 Å². The number of rotatable bonds is 6. The lowest BCUT2D eigenvalue weighted by Gasteiger charge is -2.21. The third-order valence-corrected chi connectivity index (χ3v) is 3.41. The Balaban J connectivity index is 2.27. The largest absolute Gasteiger partial charge is 0.487 e. The predicted molar refractivity (Wildman–Crippen MR) is 86.4 cm³/mol. The molecule has 0 aliphatic heterocycles. The number of para-hydroxylation sites is 1. The van der Waals surface area contributed by atoms with Crippen molar-refractivity contribution in [1.82, 2.24) is 0 Å². The summed E-state index contributed by atoms with van der Waals surface area (Å²) in [5, 5.41) is 4.23. The highest BCUT2D eigenvalue weighted by Gasteiger charge is 2.63. The van der Waals surface area contributed by atoms with E-state index in [0.717, 1.165) is 5.56 Å². The molecule has 0 saturated heterocycles. The van der Waals surface area contributed by atoms with Gasteiger partial charge in [-0.15, -0.1) is 0 Å². The van der Waals surface area contributed by atoms with Gasteiger partial charge in [0.05, 0.1) is 5.69 Å². The zero-order valence-electron chi connectivity index (χ0n) is 13.5. The fraction of sp³-hybridized carbons (Fsp3) is 0.235. The normalized spacial score (nSPS) is 11.8. The van der Waals surface area contributed by atoms with Gasteiger partial charge in [-0.05, 0) is 17.7 Å². The third kappa shape index (κ3) is 4.22. The molecule has 0 aliphatic carbocycles. The summed E-state index contributed by atoms with van der Waals surface area (Å²) in [6.45, 7) is 0.0343. The fourth-order valence-corrected chi connectivity index (χ4v) is 2.04. The van der Waals surface area contributed by atoms with Gasteiger partial charge in [0.25, 0.3) is 0 Å². The Kier molecular flexibility index (Phi) is 5.69. The Morgan fingerprint density at radius 1 is 1.00 bits per heavy atom. The molecular formula is C17H15F5N2O2. The monoisotopic (exact) mass is 374 g/mol. The van der Waals surface area contributed by atoms with Gasteiger partial charge in [0.1, 0.15) is 18.0 Å². The van der Waals surface area contributed by atoms with Gasteiger partial charge in [-0.1, -0.05) is 36.4 Å². The van der Waals surface area contributed by atoms with Crippen molar-refractivity contribution < 1.29 is 31.5 Å². The molecule has 2 aromatic rings. The Morgan fingerprint density at radius 3 is 2.23 bits per heavy atom. The lowest BCUT2D eigenvalue weighted by atomic mass is 10.2. The summed E-state index contributed by atoms with van der Waals surface area (Å²) < 4.78 is 69.1. The lowest BCUT2D eigenvalue weighted by Crippen LogP contribution is -2.47. The molecule has 0 bridgehead atoms. The van der Waals surface area contributed by atoms with Crippen LogP contribution in [0.1, 0.15) is 5.56 Å². The van der Waals surface area contributed by atoms with Crippen molar-refractivity contribution in [2.24, 2.45) is 0 Å². The van der Waals surface area contributed by atoms with Gasteiger partial charge in [0.2, 0.25) is 0 Å². The van der Waals surface area contributed by atoms with E-state index in [9.17, 15) is 26.7 Å². The minimum atomic E-state index is -6.00. The SMILES string of the molecule is CNc1cccc(OCc2ccccc2)c1NC(=O)C(F)(F)C(F)(F)F. The zero-order chi connectivity index (χ0) is 19.4. The number of hydrogen-bond acceptors (Lipinski definition) is 3. The predicted octanol–water partition coefficient (Wildman–Crippen LogP) is 4.44. The van der Waals surface area contributed by atoms with Gasteiger partial charge in [-0.3, -0.25) is 4.79 Å². The topological polar surface area (TPSA) is 50.4 Å². The standard InChI is InChI=1S/C17H15F5N2O2/c1-23-12-8-5-9-13(26-10-11-6-3-2-4-7-11)14(12)24-15(25)16(18,19)17(20,21)22/h2-9,23H,10H2,1H3,(H,24,25). The van der Waals surface area contributed by atoms with Crippen LogP contribution in [0, 0.1) is 0 Å². The van der Waals surface area contributed by atoms with Crippen molar-refractivity contribution in [3.8, 4) is 5.75 Å². The van der Waals surface area contributed by atoms with Crippen LogP contribution in [-0.2, 0) is 11.4 Å². The average molecular weight is 374 g/mol. The highest BCUT2D eigenvalue weighted by atomic mass is 19.4. The molecule has 2 rings (SSSR count). The van der Waals surface area contributed by atoms with Gasteiger partial charge in [0.15, 0.2) is 0 Å². The number of nitrogens with one attached hydrogen (secondary N) is 2. The van der Waals surface area contributed by atoms with E-state index in [2.05, 4.69) is 5.32 Å². The van der Waals surface area contributed by atoms with Crippen LogP contribution in [0.4, 0.5) is 33.3 Å². The van der Waals surface area contributed by atoms with E-state index in [1.54, 1.807) is 35.6 Å². The number of ether oxygens (including phenoxy) is 1. The Hall–Kier alpha value is -2.84. The highest BCUT2D eigenvalue weighted by molar-refractivity contribution is 6.00. The maximum atomic E-state index is 13.2. The van der Waals surface area contributed by atoms with E-state index >= 15 is 0 Å². The van der Waals surface area contributed by atoms with Crippen LogP contribution in [0.2, 0.25) is 0 Å². The van der Waals surface area contributed by atoms with Crippen LogP contribution < -0.4 is 15.4 Å². The fourth-order valence-electron chi connectivity index (χ4n) is 2.04. The molecular weight excluding hydrogens is 359 g/mol.